The predicted molar refractivity (Wildman–Crippen MR) is 116 cm³/mol. The molecular formula is C21H23ClN4S. The molecule has 1 saturated heterocycles. The normalized spacial score (nSPS) is 19.3. The predicted octanol–water partition coefficient (Wildman–Crippen LogP) is 4.33. The average Bonchev–Trinajstić information content (AvgIpc) is 3.32. The summed E-state index contributed by atoms with van der Waals surface area (Å²) in [4.78, 5) is 2.50. The topological polar surface area (TPSA) is 40.2 Å². The number of halogens is 1. The van der Waals surface area contributed by atoms with Gasteiger partial charge in [-0.25, -0.2) is 0 Å². The number of anilines is 2. The lowest BCUT2D eigenvalue weighted by Crippen LogP contribution is -2.51. The van der Waals surface area contributed by atoms with E-state index in [9.17, 15) is 0 Å². The number of piperazine rings is 1. The third-order valence-electron chi connectivity index (χ3n) is 5.71. The minimum atomic E-state index is 0.437. The minimum Gasteiger partial charge on any atom is -0.384 e. The summed E-state index contributed by atoms with van der Waals surface area (Å²) in [5, 5.41) is 9.13. The average molecular weight is 399 g/mol. The lowest BCUT2D eigenvalue weighted by molar-refractivity contribution is 0.453. The Morgan fingerprint density at radius 3 is 3.11 bits per heavy atom. The maximum Gasteiger partial charge on any atom is 0.150 e. The molecule has 2 aliphatic heterocycles. The first-order valence-electron chi connectivity index (χ1n) is 9.66. The number of hydrogen-bond acceptors (Lipinski definition) is 5. The van der Waals surface area contributed by atoms with E-state index in [4.69, 9.17) is 16.0 Å². The molecule has 0 aliphatic carbocycles. The summed E-state index contributed by atoms with van der Waals surface area (Å²) in [7, 11) is 0. The SMILES string of the molecule is Clc1cc2c(cc1CCC1CNCCN1c1nsc3ccccc13)CCN2. The third-order valence-corrected chi connectivity index (χ3v) is 6.88. The molecule has 0 bridgehead atoms. The largest absolute Gasteiger partial charge is 0.384 e. The Balaban J connectivity index is 1.37. The van der Waals surface area contributed by atoms with Gasteiger partial charge in [0.25, 0.3) is 0 Å². The van der Waals surface area contributed by atoms with Crippen molar-refractivity contribution in [2.75, 3.05) is 36.4 Å². The van der Waals surface area contributed by atoms with Crippen molar-refractivity contribution in [2.45, 2.75) is 25.3 Å². The lowest BCUT2D eigenvalue weighted by atomic mass is 9.99. The standard InChI is InChI=1S/C21H23ClN4S/c22-18-12-19-15(7-8-24-19)11-14(18)5-6-16-13-23-9-10-26(16)21-17-3-1-2-4-20(17)27-25-21/h1-4,11-12,16,23-24H,5-10,13H2. The molecule has 0 spiro atoms. The van der Waals surface area contributed by atoms with Crippen LogP contribution in [0.3, 0.4) is 0 Å². The van der Waals surface area contributed by atoms with Crippen LogP contribution in [0.4, 0.5) is 11.5 Å². The minimum absolute atomic E-state index is 0.437. The fourth-order valence-electron chi connectivity index (χ4n) is 4.26. The second-order valence-electron chi connectivity index (χ2n) is 7.37. The molecule has 1 aromatic heterocycles. The zero-order chi connectivity index (χ0) is 18.2. The summed E-state index contributed by atoms with van der Waals surface area (Å²) in [5.74, 6) is 1.14. The van der Waals surface area contributed by atoms with Gasteiger partial charge in [-0.3, -0.25) is 0 Å². The highest BCUT2D eigenvalue weighted by Gasteiger charge is 2.26. The molecule has 2 aliphatic rings. The molecule has 6 heteroatoms. The molecular weight excluding hydrogens is 376 g/mol. The molecule has 3 aromatic rings. The van der Waals surface area contributed by atoms with E-state index in [-0.39, 0.29) is 0 Å². The Morgan fingerprint density at radius 1 is 1.22 bits per heavy atom. The van der Waals surface area contributed by atoms with Crippen LogP contribution in [0.2, 0.25) is 5.02 Å². The van der Waals surface area contributed by atoms with E-state index in [1.54, 1.807) is 11.5 Å². The highest BCUT2D eigenvalue weighted by molar-refractivity contribution is 7.13. The van der Waals surface area contributed by atoms with Crippen LogP contribution < -0.4 is 15.5 Å². The highest BCUT2D eigenvalue weighted by Crippen LogP contribution is 2.33. The number of nitrogens with one attached hydrogen (secondary N) is 2. The lowest BCUT2D eigenvalue weighted by Gasteiger charge is -2.37. The van der Waals surface area contributed by atoms with E-state index in [2.05, 4.69) is 51.9 Å². The van der Waals surface area contributed by atoms with Gasteiger partial charge in [-0.05, 0) is 60.1 Å². The monoisotopic (exact) mass is 398 g/mol. The Hall–Kier alpha value is -1.82. The van der Waals surface area contributed by atoms with Crippen LogP contribution in [0.25, 0.3) is 10.1 Å². The first-order valence-corrected chi connectivity index (χ1v) is 10.8. The number of rotatable bonds is 4. The quantitative estimate of drug-likeness (QED) is 0.686. The molecule has 4 nitrogen and oxygen atoms in total. The van der Waals surface area contributed by atoms with Crippen LogP contribution >= 0.6 is 23.1 Å². The zero-order valence-electron chi connectivity index (χ0n) is 15.2. The van der Waals surface area contributed by atoms with Gasteiger partial charge in [0.05, 0.1) is 4.70 Å². The van der Waals surface area contributed by atoms with Crippen molar-refractivity contribution < 1.29 is 0 Å². The van der Waals surface area contributed by atoms with Crippen molar-refractivity contribution in [2.24, 2.45) is 0 Å². The Kier molecular flexibility index (Phi) is 4.68. The second kappa shape index (κ2) is 7.30. The molecule has 2 N–H and O–H groups in total. The molecule has 27 heavy (non-hydrogen) atoms. The van der Waals surface area contributed by atoms with Gasteiger partial charge in [0.1, 0.15) is 0 Å². The van der Waals surface area contributed by atoms with Crippen LogP contribution in [-0.4, -0.2) is 36.6 Å². The van der Waals surface area contributed by atoms with Crippen molar-refractivity contribution in [3.63, 3.8) is 0 Å². The van der Waals surface area contributed by atoms with Gasteiger partial charge >= 0.3 is 0 Å². The van der Waals surface area contributed by atoms with E-state index >= 15 is 0 Å². The Labute approximate surface area is 168 Å². The number of fused-ring (bicyclic) bond motifs is 2. The molecule has 2 aromatic carbocycles. The van der Waals surface area contributed by atoms with Crippen molar-refractivity contribution in [3.05, 3.63) is 52.5 Å². The number of benzene rings is 2. The van der Waals surface area contributed by atoms with Gasteiger partial charge < -0.3 is 15.5 Å². The van der Waals surface area contributed by atoms with Crippen molar-refractivity contribution >= 4 is 44.7 Å². The first-order chi connectivity index (χ1) is 13.3. The Bertz CT molecular complexity index is 970. The molecule has 1 fully saturated rings. The highest BCUT2D eigenvalue weighted by atomic mass is 35.5. The number of nitrogens with zero attached hydrogens (tertiary/aromatic N) is 2. The third kappa shape index (κ3) is 3.28. The molecule has 0 amide bonds. The van der Waals surface area contributed by atoms with Crippen LogP contribution in [0, 0.1) is 0 Å². The van der Waals surface area contributed by atoms with E-state index in [1.807, 2.05) is 0 Å². The molecule has 1 unspecified atom stereocenters. The summed E-state index contributed by atoms with van der Waals surface area (Å²) in [5.41, 5.74) is 3.88. The fourth-order valence-corrected chi connectivity index (χ4v) is 5.31. The molecule has 1 atom stereocenters. The molecule has 0 radical (unpaired) electrons. The molecule has 3 heterocycles. The summed E-state index contributed by atoms with van der Waals surface area (Å²) in [6.07, 6.45) is 3.17. The fraction of sp³-hybridized carbons (Fsp3) is 0.381. The van der Waals surface area contributed by atoms with Crippen LogP contribution in [0.15, 0.2) is 36.4 Å². The van der Waals surface area contributed by atoms with Gasteiger partial charge in [-0.2, -0.15) is 4.37 Å². The second-order valence-corrected chi connectivity index (χ2v) is 8.58. The number of hydrogen-bond donors (Lipinski definition) is 2. The summed E-state index contributed by atoms with van der Waals surface area (Å²) < 4.78 is 6.06. The van der Waals surface area contributed by atoms with Crippen molar-refractivity contribution in [1.29, 1.82) is 0 Å². The number of aryl methyl sites for hydroxylation is 1. The van der Waals surface area contributed by atoms with Crippen LogP contribution in [0.1, 0.15) is 17.5 Å². The summed E-state index contributed by atoms with van der Waals surface area (Å²) in [6.45, 7) is 4.02. The zero-order valence-corrected chi connectivity index (χ0v) is 16.7. The van der Waals surface area contributed by atoms with Gasteiger partial charge in [0.15, 0.2) is 5.82 Å². The smallest absolute Gasteiger partial charge is 0.150 e. The van der Waals surface area contributed by atoms with E-state index in [0.29, 0.717) is 6.04 Å². The summed E-state index contributed by atoms with van der Waals surface area (Å²) >= 11 is 8.16. The van der Waals surface area contributed by atoms with Crippen LogP contribution in [0.5, 0.6) is 0 Å². The van der Waals surface area contributed by atoms with Crippen LogP contribution in [-0.2, 0) is 12.8 Å². The van der Waals surface area contributed by atoms with E-state index in [0.717, 1.165) is 56.3 Å². The van der Waals surface area contributed by atoms with Gasteiger partial charge in [-0.1, -0.05) is 29.8 Å². The van der Waals surface area contributed by atoms with Crippen molar-refractivity contribution in [3.8, 4) is 0 Å². The van der Waals surface area contributed by atoms with Crippen molar-refractivity contribution in [1.82, 2.24) is 9.69 Å². The van der Waals surface area contributed by atoms with Gasteiger partial charge in [0, 0.05) is 48.3 Å². The van der Waals surface area contributed by atoms with Gasteiger partial charge in [-0.15, -0.1) is 0 Å². The van der Waals surface area contributed by atoms with E-state index in [1.165, 1.54) is 26.9 Å². The molecule has 0 saturated carbocycles. The maximum absolute atomic E-state index is 6.56. The Morgan fingerprint density at radius 2 is 2.15 bits per heavy atom. The molecule has 5 rings (SSSR count). The first kappa shape index (κ1) is 17.3. The number of aromatic nitrogens is 1. The summed E-state index contributed by atoms with van der Waals surface area (Å²) in [6, 6.07) is 13.4. The maximum atomic E-state index is 6.56. The van der Waals surface area contributed by atoms with E-state index < -0.39 is 0 Å². The molecule has 140 valence electrons. The van der Waals surface area contributed by atoms with Gasteiger partial charge in [0.2, 0.25) is 0 Å².